The second-order valence-electron chi connectivity index (χ2n) is 10.6. The van der Waals surface area contributed by atoms with Gasteiger partial charge in [-0.3, -0.25) is 14.5 Å². The lowest BCUT2D eigenvalue weighted by molar-refractivity contribution is -0.142. The number of halogens is 3. The molecule has 3 aliphatic rings. The molecule has 1 N–H and O–H groups in total. The zero-order chi connectivity index (χ0) is 26.2. The number of rotatable bonds is 5. The van der Waals surface area contributed by atoms with Crippen molar-refractivity contribution in [1.29, 1.82) is 0 Å². The first-order chi connectivity index (χ1) is 17.7. The first kappa shape index (κ1) is 31.4. The standard InChI is InChI=1S/C27H34ClN5O4.2ClH/c1-18-15-32(22(14-29-18)26(35)31-8-10-36-11-9-31)16-25(34)33-17-27(2,3)19-13-30-24(12-21(19)33)37-23-7-5-4-6-20(23)28;;/h4-7,12-13,18,22,29H,8-11,14-17H2,1-3H3;2*1H/t18-,22-;;/m1../s1. The van der Waals surface area contributed by atoms with Gasteiger partial charge >= 0.3 is 0 Å². The summed E-state index contributed by atoms with van der Waals surface area (Å²) in [5.41, 5.74) is 1.51. The van der Waals surface area contributed by atoms with E-state index in [0.29, 0.717) is 62.6 Å². The Balaban J connectivity index is 0.00000210. The van der Waals surface area contributed by atoms with Crippen molar-refractivity contribution in [2.24, 2.45) is 0 Å². The Hall–Kier alpha value is -2.14. The first-order valence-corrected chi connectivity index (χ1v) is 13.2. The zero-order valence-electron chi connectivity index (χ0n) is 22.4. The van der Waals surface area contributed by atoms with Gasteiger partial charge in [0, 0.05) is 62.0 Å². The summed E-state index contributed by atoms with van der Waals surface area (Å²) in [5.74, 6) is 0.886. The summed E-state index contributed by atoms with van der Waals surface area (Å²) in [6.07, 6.45) is 1.78. The van der Waals surface area contributed by atoms with E-state index in [2.05, 4.69) is 31.1 Å². The first-order valence-electron chi connectivity index (χ1n) is 12.8. The molecule has 0 unspecified atom stereocenters. The number of pyridine rings is 1. The third kappa shape index (κ3) is 6.78. The van der Waals surface area contributed by atoms with Gasteiger partial charge in [-0.2, -0.15) is 0 Å². The van der Waals surface area contributed by atoms with E-state index in [4.69, 9.17) is 21.1 Å². The number of para-hydroxylation sites is 1. The molecule has 2 aromatic rings. The number of aromatic nitrogens is 1. The van der Waals surface area contributed by atoms with Gasteiger partial charge in [0.15, 0.2) is 0 Å². The summed E-state index contributed by atoms with van der Waals surface area (Å²) in [5, 5.41) is 3.90. The molecule has 0 aliphatic carbocycles. The monoisotopic (exact) mass is 599 g/mol. The number of hydrogen-bond acceptors (Lipinski definition) is 7. The smallest absolute Gasteiger partial charge is 0.241 e. The number of anilines is 1. The van der Waals surface area contributed by atoms with Crippen LogP contribution in [0.15, 0.2) is 36.5 Å². The zero-order valence-corrected chi connectivity index (χ0v) is 24.8. The molecule has 214 valence electrons. The summed E-state index contributed by atoms with van der Waals surface area (Å²) in [7, 11) is 0. The molecule has 9 nitrogen and oxygen atoms in total. The number of morpholine rings is 1. The highest BCUT2D eigenvalue weighted by molar-refractivity contribution is 6.32. The van der Waals surface area contributed by atoms with E-state index < -0.39 is 0 Å². The number of benzene rings is 1. The third-order valence-electron chi connectivity index (χ3n) is 7.34. The number of ether oxygens (including phenoxy) is 2. The molecule has 2 fully saturated rings. The van der Waals surface area contributed by atoms with Gasteiger partial charge in [0.05, 0.1) is 30.5 Å². The molecule has 12 heteroatoms. The second kappa shape index (κ2) is 13.0. The van der Waals surface area contributed by atoms with Gasteiger partial charge in [-0.05, 0) is 19.1 Å². The highest BCUT2D eigenvalue weighted by Gasteiger charge is 2.41. The van der Waals surface area contributed by atoms with Crippen molar-refractivity contribution in [2.45, 2.75) is 38.3 Å². The fraction of sp³-hybridized carbons (Fsp3) is 0.519. The second-order valence-corrected chi connectivity index (χ2v) is 11.0. The van der Waals surface area contributed by atoms with Crippen molar-refractivity contribution in [3.63, 3.8) is 0 Å². The number of piperazine rings is 1. The van der Waals surface area contributed by atoms with E-state index in [1.54, 1.807) is 23.2 Å². The molecule has 39 heavy (non-hydrogen) atoms. The lowest BCUT2D eigenvalue weighted by Crippen LogP contribution is -2.63. The molecule has 3 aliphatic heterocycles. The van der Waals surface area contributed by atoms with E-state index >= 15 is 0 Å². The van der Waals surface area contributed by atoms with Crippen LogP contribution in [0.4, 0.5) is 5.69 Å². The van der Waals surface area contributed by atoms with E-state index in [9.17, 15) is 9.59 Å². The van der Waals surface area contributed by atoms with Gasteiger partial charge < -0.3 is 24.6 Å². The molecule has 2 saturated heterocycles. The van der Waals surface area contributed by atoms with Crippen LogP contribution in [0.3, 0.4) is 0 Å². The quantitative estimate of drug-likeness (QED) is 0.562. The number of fused-ring (bicyclic) bond motifs is 1. The molecule has 0 radical (unpaired) electrons. The molecule has 1 aromatic carbocycles. The van der Waals surface area contributed by atoms with Crippen LogP contribution in [0.1, 0.15) is 26.3 Å². The van der Waals surface area contributed by atoms with Crippen molar-refractivity contribution in [3.8, 4) is 11.6 Å². The average Bonchev–Trinajstić information content (AvgIpc) is 3.16. The van der Waals surface area contributed by atoms with Gasteiger partial charge in [0.1, 0.15) is 11.8 Å². The Morgan fingerprint density at radius 1 is 1.21 bits per heavy atom. The lowest BCUT2D eigenvalue weighted by Gasteiger charge is -2.41. The Morgan fingerprint density at radius 3 is 2.64 bits per heavy atom. The summed E-state index contributed by atoms with van der Waals surface area (Å²) < 4.78 is 11.4. The lowest BCUT2D eigenvalue weighted by atomic mass is 9.88. The maximum absolute atomic E-state index is 13.8. The van der Waals surface area contributed by atoms with Crippen LogP contribution < -0.4 is 15.0 Å². The van der Waals surface area contributed by atoms with Crippen LogP contribution in [-0.2, 0) is 19.7 Å². The minimum Gasteiger partial charge on any atom is -0.437 e. The fourth-order valence-corrected chi connectivity index (χ4v) is 5.49. The van der Waals surface area contributed by atoms with Gasteiger partial charge in [-0.15, -0.1) is 24.8 Å². The van der Waals surface area contributed by atoms with Crippen molar-refractivity contribution in [1.82, 2.24) is 20.1 Å². The van der Waals surface area contributed by atoms with Gasteiger partial charge in [-0.25, -0.2) is 4.98 Å². The van der Waals surface area contributed by atoms with Gasteiger partial charge in [0.25, 0.3) is 0 Å². The van der Waals surface area contributed by atoms with Crippen LogP contribution in [-0.4, -0.2) is 91.2 Å². The summed E-state index contributed by atoms with van der Waals surface area (Å²) in [6.45, 7) is 10.4. The fourth-order valence-electron chi connectivity index (χ4n) is 5.31. The molecule has 5 rings (SSSR count). The van der Waals surface area contributed by atoms with E-state index in [1.165, 1.54) is 0 Å². The summed E-state index contributed by atoms with van der Waals surface area (Å²) in [4.78, 5) is 37.3. The number of nitrogens with one attached hydrogen (secondary N) is 1. The predicted octanol–water partition coefficient (Wildman–Crippen LogP) is 3.52. The van der Waals surface area contributed by atoms with Crippen LogP contribution in [0.25, 0.3) is 0 Å². The normalized spacial score (nSPS) is 22.4. The number of carbonyl (C=O) groups is 2. The third-order valence-corrected chi connectivity index (χ3v) is 7.65. The van der Waals surface area contributed by atoms with Crippen molar-refractivity contribution < 1.29 is 19.1 Å². The predicted molar refractivity (Wildman–Crippen MR) is 156 cm³/mol. The van der Waals surface area contributed by atoms with Gasteiger partial charge in [-0.1, -0.05) is 37.6 Å². The minimum absolute atomic E-state index is 0. The molecule has 0 saturated carbocycles. The SMILES string of the molecule is C[C@@H]1CN(CC(=O)N2CC(C)(C)c3cnc(Oc4ccccc4Cl)cc32)[C@@H](C(=O)N2CCOCC2)CN1.Cl.Cl. The highest BCUT2D eigenvalue weighted by Crippen LogP contribution is 2.42. The topological polar surface area (TPSA) is 87.2 Å². The molecule has 1 aromatic heterocycles. The highest BCUT2D eigenvalue weighted by atomic mass is 35.5. The van der Waals surface area contributed by atoms with Crippen molar-refractivity contribution >= 4 is 53.9 Å². The number of carbonyl (C=O) groups excluding carboxylic acids is 2. The van der Waals surface area contributed by atoms with Gasteiger partial charge in [0.2, 0.25) is 17.7 Å². The maximum atomic E-state index is 13.8. The van der Waals surface area contributed by atoms with Crippen molar-refractivity contribution in [2.75, 3.05) is 57.4 Å². The number of amides is 2. The Morgan fingerprint density at radius 2 is 1.92 bits per heavy atom. The average molecular weight is 601 g/mol. The molecule has 0 bridgehead atoms. The molecule has 2 atom stereocenters. The molecule has 0 spiro atoms. The summed E-state index contributed by atoms with van der Waals surface area (Å²) in [6, 6.07) is 8.82. The van der Waals surface area contributed by atoms with Crippen LogP contribution in [0, 0.1) is 0 Å². The van der Waals surface area contributed by atoms with Crippen LogP contribution >= 0.6 is 36.4 Å². The van der Waals surface area contributed by atoms with Crippen molar-refractivity contribution in [3.05, 3.63) is 47.1 Å². The summed E-state index contributed by atoms with van der Waals surface area (Å²) >= 11 is 6.27. The number of hydrogen-bond donors (Lipinski definition) is 1. The van der Waals surface area contributed by atoms with E-state index in [0.717, 1.165) is 11.3 Å². The minimum atomic E-state index is -0.384. The molecular weight excluding hydrogens is 565 g/mol. The Labute approximate surface area is 247 Å². The van der Waals surface area contributed by atoms with Crippen LogP contribution in [0.2, 0.25) is 5.02 Å². The van der Waals surface area contributed by atoms with E-state index in [-0.39, 0.29) is 60.7 Å². The molecule has 4 heterocycles. The number of nitrogens with zero attached hydrogens (tertiary/aromatic N) is 4. The maximum Gasteiger partial charge on any atom is 0.241 e. The van der Waals surface area contributed by atoms with E-state index in [1.807, 2.05) is 28.0 Å². The largest absolute Gasteiger partial charge is 0.437 e. The van der Waals surface area contributed by atoms with Crippen LogP contribution in [0.5, 0.6) is 11.6 Å². The molecule has 2 amide bonds. The molecular formula is C27H36Cl3N5O4. The Bertz CT molecular complexity index is 1180. The Kier molecular flexibility index (Phi) is 10.5.